The van der Waals surface area contributed by atoms with E-state index in [1.165, 1.54) is 12.8 Å². The van der Waals surface area contributed by atoms with Crippen LogP contribution in [0.2, 0.25) is 0 Å². The molecule has 18 heavy (non-hydrogen) atoms. The van der Waals surface area contributed by atoms with Gasteiger partial charge in [0.1, 0.15) is 5.82 Å². The summed E-state index contributed by atoms with van der Waals surface area (Å²) in [7, 11) is 0. The Morgan fingerprint density at radius 1 is 1.50 bits per heavy atom. The van der Waals surface area contributed by atoms with E-state index in [1.807, 2.05) is 10.6 Å². The van der Waals surface area contributed by atoms with Gasteiger partial charge in [0.15, 0.2) is 11.5 Å². The highest BCUT2D eigenvalue weighted by molar-refractivity contribution is 5.64. The van der Waals surface area contributed by atoms with Gasteiger partial charge in [-0.3, -0.25) is 0 Å². The summed E-state index contributed by atoms with van der Waals surface area (Å²) in [5.74, 6) is 1.99. The molecule has 2 aromatic heterocycles. The molecule has 0 amide bonds. The van der Waals surface area contributed by atoms with Crippen molar-refractivity contribution in [1.29, 1.82) is 0 Å². The van der Waals surface area contributed by atoms with Crippen LogP contribution in [0.25, 0.3) is 5.65 Å². The molecule has 96 valence electrons. The average molecular weight is 245 g/mol. The third-order valence-electron chi connectivity index (χ3n) is 4.12. The molecule has 0 aromatic carbocycles. The molecule has 5 heteroatoms. The molecule has 1 aliphatic rings. The van der Waals surface area contributed by atoms with Crippen LogP contribution >= 0.6 is 0 Å². The lowest BCUT2D eigenvalue weighted by molar-refractivity contribution is 0.380. The van der Waals surface area contributed by atoms with Gasteiger partial charge in [0.05, 0.1) is 6.20 Å². The Kier molecular flexibility index (Phi) is 2.43. The van der Waals surface area contributed by atoms with Crippen molar-refractivity contribution in [2.24, 2.45) is 11.3 Å². The number of rotatable bonds is 4. The summed E-state index contributed by atoms with van der Waals surface area (Å²) < 4.78 is 1.90. The Bertz CT molecular complexity index is 568. The normalized spacial score (nSPS) is 17.3. The zero-order valence-electron chi connectivity index (χ0n) is 10.8. The maximum Gasteiger partial charge on any atom is 0.180 e. The lowest BCUT2D eigenvalue weighted by Gasteiger charge is -2.20. The maximum atomic E-state index is 5.80. The Morgan fingerprint density at radius 2 is 2.28 bits per heavy atom. The molecule has 1 fully saturated rings. The van der Waals surface area contributed by atoms with Crippen LogP contribution in [0.4, 0.5) is 11.6 Å². The second-order valence-corrected chi connectivity index (χ2v) is 5.54. The second kappa shape index (κ2) is 3.86. The van der Waals surface area contributed by atoms with Gasteiger partial charge in [-0.1, -0.05) is 13.8 Å². The monoisotopic (exact) mass is 245 g/mol. The van der Waals surface area contributed by atoms with Crippen molar-refractivity contribution < 1.29 is 0 Å². The summed E-state index contributed by atoms with van der Waals surface area (Å²) in [6, 6.07) is 0. The quantitative estimate of drug-likeness (QED) is 0.866. The van der Waals surface area contributed by atoms with Crippen molar-refractivity contribution >= 4 is 17.3 Å². The first kappa shape index (κ1) is 11.3. The van der Waals surface area contributed by atoms with E-state index in [2.05, 4.69) is 29.1 Å². The summed E-state index contributed by atoms with van der Waals surface area (Å²) in [5, 5.41) is 3.42. The molecule has 0 saturated heterocycles. The van der Waals surface area contributed by atoms with Crippen LogP contribution in [0.15, 0.2) is 18.6 Å². The van der Waals surface area contributed by atoms with E-state index >= 15 is 0 Å². The summed E-state index contributed by atoms with van der Waals surface area (Å²) in [5.41, 5.74) is 7.08. The summed E-state index contributed by atoms with van der Waals surface area (Å²) >= 11 is 0. The fraction of sp³-hybridized carbons (Fsp3) is 0.538. The third-order valence-corrected chi connectivity index (χ3v) is 4.12. The molecule has 5 nitrogen and oxygen atoms in total. The fourth-order valence-corrected chi connectivity index (χ4v) is 2.45. The van der Waals surface area contributed by atoms with Gasteiger partial charge in [0.2, 0.25) is 0 Å². The van der Waals surface area contributed by atoms with Gasteiger partial charge in [-0.25, -0.2) is 9.97 Å². The smallest absolute Gasteiger partial charge is 0.180 e. The molecular formula is C13H19N5. The molecule has 2 aromatic rings. The molecule has 0 radical (unpaired) electrons. The highest BCUT2D eigenvalue weighted by Gasteiger charge is 2.45. The van der Waals surface area contributed by atoms with Gasteiger partial charge in [-0.2, -0.15) is 0 Å². The van der Waals surface area contributed by atoms with Crippen molar-refractivity contribution in [3.05, 3.63) is 18.6 Å². The maximum absolute atomic E-state index is 5.80. The van der Waals surface area contributed by atoms with E-state index < -0.39 is 0 Å². The van der Waals surface area contributed by atoms with Gasteiger partial charge in [0.25, 0.3) is 0 Å². The molecule has 1 aliphatic carbocycles. The Balaban J connectivity index is 1.84. The Hall–Kier alpha value is -1.78. The van der Waals surface area contributed by atoms with Gasteiger partial charge in [-0.15, -0.1) is 0 Å². The second-order valence-electron chi connectivity index (χ2n) is 5.54. The van der Waals surface area contributed by atoms with Gasteiger partial charge >= 0.3 is 0 Å². The number of imidazole rings is 1. The molecule has 0 unspecified atom stereocenters. The first-order valence-corrected chi connectivity index (χ1v) is 6.44. The third kappa shape index (κ3) is 1.79. The van der Waals surface area contributed by atoms with E-state index in [1.54, 1.807) is 12.4 Å². The van der Waals surface area contributed by atoms with Crippen molar-refractivity contribution in [2.75, 3.05) is 17.6 Å². The van der Waals surface area contributed by atoms with E-state index in [9.17, 15) is 0 Å². The van der Waals surface area contributed by atoms with Crippen molar-refractivity contribution in [3.8, 4) is 0 Å². The highest BCUT2D eigenvalue weighted by Crippen LogP contribution is 2.51. The van der Waals surface area contributed by atoms with Crippen LogP contribution in [-0.4, -0.2) is 20.9 Å². The zero-order valence-corrected chi connectivity index (χ0v) is 10.8. The summed E-state index contributed by atoms with van der Waals surface area (Å²) in [6.45, 7) is 5.52. The Labute approximate surface area is 106 Å². The Morgan fingerprint density at radius 3 is 2.94 bits per heavy atom. The van der Waals surface area contributed by atoms with E-state index in [-0.39, 0.29) is 0 Å². The zero-order chi connectivity index (χ0) is 12.8. The lowest BCUT2D eigenvalue weighted by Crippen LogP contribution is -2.21. The number of hydrogen-bond donors (Lipinski definition) is 2. The SMILES string of the molecule is CC(C)C1(CNc2nc(N)cn3ccnc23)CC1. The minimum absolute atomic E-state index is 0.440. The first-order chi connectivity index (χ1) is 8.61. The van der Waals surface area contributed by atoms with Crippen molar-refractivity contribution in [1.82, 2.24) is 14.4 Å². The molecule has 0 bridgehead atoms. The molecule has 3 N–H and O–H groups in total. The minimum atomic E-state index is 0.440. The van der Waals surface area contributed by atoms with Gasteiger partial charge in [0, 0.05) is 18.9 Å². The van der Waals surface area contributed by atoms with E-state index in [0.29, 0.717) is 17.2 Å². The molecular weight excluding hydrogens is 226 g/mol. The van der Waals surface area contributed by atoms with Gasteiger partial charge < -0.3 is 15.5 Å². The first-order valence-electron chi connectivity index (χ1n) is 6.44. The number of aromatic nitrogens is 3. The number of fused-ring (bicyclic) bond motifs is 1. The van der Waals surface area contributed by atoms with Crippen LogP contribution in [0.5, 0.6) is 0 Å². The van der Waals surface area contributed by atoms with Crippen LogP contribution in [-0.2, 0) is 0 Å². The number of nitrogens with zero attached hydrogens (tertiary/aromatic N) is 3. The summed E-state index contributed by atoms with van der Waals surface area (Å²) in [4.78, 5) is 8.66. The standard InChI is InChI=1S/C13H19N5/c1-9(2)13(3-4-13)8-16-11-12-15-5-6-18(12)7-10(14)17-11/h5-7,9H,3-4,8,14H2,1-2H3,(H,16,17). The summed E-state index contributed by atoms with van der Waals surface area (Å²) in [6.07, 6.45) is 8.02. The largest absolute Gasteiger partial charge is 0.382 e. The fourth-order valence-electron chi connectivity index (χ4n) is 2.45. The van der Waals surface area contributed by atoms with E-state index in [0.717, 1.165) is 18.0 Å². The van der Waals surface area contributed by atoms with Crippen molar-refractivity contribution in [3.63, 3.8) is 0 Å². The van der Waals surface area contributed by atoms with Crippen LogP contribution in [0.3, 0.4) is 0 Å². The van der Waals surface area contributed by atoms with Crippen LogP contribution in [0.1, 0.15) is 26.7 Å². The molecule has 1 saturated carbocycles. The number of hydrogen-bond acceptors (Lipinski definition) is 4. The predicted octanol–water partition coefficient (Wildman–Crippen LogP) is 2.16. The molecule has 2 heterocycles. The molecule has 0 spiro atoms. The van der Waals surface area contributed by atoms with Crippen molar-refractivity contribution in [2.45, 2.75) is 26.7 Å². The van der Waals surface area contributed by atoms with Gasteiger partial charge in [-0.05, 0) is 24.2 Å². The number of nitrogens with two attached hydrogens (primary N) is 1. The number of nitrogens with one attached hydrogen (secondary N) is 1. The van der Waals surface area contributed by atoms with Crippen LogP contribution < -0.4 is 11.1 Å². The molecule has 0 aliphatic heterocycles. The van der Waals surface area contributed by atoms with E-state index in [4.69, 9.17) is 5.73 Å². The number of anilines is 2. The molecule has 3 rings (SSSR count). The molecule has 0 atom stereocenters. The topological polar surface area (TPSA) is 68.2 Å². The predicted molar refractivity (Wildman–Crippen MR) is 72.4 cm³/mol. The minimum Gasteiger partial charge on any atom is -0.382 e. The number of nitrogen functional groups attached to an aromatic ring is 1. The highest BCUT2D eigenvalue weighted by atomic mass is 15.1. The average Bonchev–Trinajstić information content (AvgIpc) is 2.98. The lowest BCUT2D eigenvalue weighted by atomic mass is 9.92. The van der Waals surface area contributed by atoms with Crippen LogP contribution in [0, 0.1) is 11.3 Å².